The summed E-state index contributed by atoms with van der Waals surface area (Å²) in [6.45, 7) is 2.24. The molecule has 0 saturated carbocycles. The van der Waals surface area contributed by atoms with Crippen LogP contribution in [-0.2, 0) is 9.53 Å². The molecule has 0 aliphatic carbocycles. The fraction of sp³-hybridized carbons (Fsp3) is 0.944. The first-order chi connectivity index (χ1) is 11.0. The third-order valence-electron chi connectivity index (χ3n) is 3.56. The van der Waals surface area contributed by atoms with Crippen molar-refractivity contribution in [1.29, 1.82) is 0 Å². The zero-order valence-corrected chi connectivity index (χ0v) is 14.9. The lowest BCUT2D eigenvalue weighted by Gasteiger charge is -2.03. The maximum atomic E-state index is 11.0. The predicted molar refractivity (Wildman–Crippen MR) is 95.0 cm³/mol. The van der Waals surface area contributed by atoms with E-state index in [0.29, 0.717) is 19.3 Å². The second kappa shape index (κ2) is 17.9. The summed E-state index contributed by atoms with van der Waals surface area (Å²) < 4.78 is 20.7. The van der Waals surface area contributed by atoms with E-state index in [-0.39, 0.29) is 5.97 Å². The van der Waals surface area contributed by atoms with Gasteiger partial charge in [-0.3, -0.25) is 4.79 Å². The van der Waals surface area contributed by atoms with Gasteiger partial charge in [-0.25, -0.2) is 0 Å². The Labute approximate surface area is 139 Å². The molecule has 0 saturated heterocycles. The Morgan fingerprint density at radius 1 is 0.905 bits per heavy atom. The molecule has 0 aromatic carbocycles. The molecule has 0 aliphatic rings. The highest BCUT2D eigenvalue weighted by Gasteiger charge is 1.99. The van der Waals surface area contributed by atoms with Gasteiger partial charge in [0, 0.05) is 8.49 Å². The van der Waals surface area contributed by atoms with Crippen LogP contribution < -0.4 is 0 Å². The molecule has 0 spiro atoms. The summed E-state index contributed by atoms with van der Waals surface area (Å²) in [4.78, 5) is 11.0. The Bertz CT molecular complexity index is 286. The van der Waals surface area contributed by atoms with Gasteiger partial charge in [-0.05, 0) is 12.2 Å². The molecule has 0 fully saturated rings. The Morgan fingerprint density at radius 2 is 1.48 bits per heavy atom. The molecule has 0 unspecified atom stereocenters. The lowest BCUT2D eigenvalue weighted by molar-refractivity contribution is -0.140. The number of unbranched alkanes of at least 4 members (excludes halogenated alkanes) is 8. The molecular formula is C18H36O2S. The Balaban J connectivity index is 3.41. The van der Waals surface area contributed by atoms with Crippen molar-refractivity contribution in [3.05, 3.63) is 0 Å². The van der Waals surface area contributed by atoms with Gasteiger partial charge in [0.05, 0.1) is 13.5 Å². The lowest BCUT2D eigenvalue weighted by Crippen LogP contribution is -2.01. The van der Waals surface area contributed by atoms with Gasteiger partial charge in [0.15, 0.2) is 0 Å². The van der Waals surface area contributed by atoms with E-state index in [1.165, 1.54) is 52.1 Å². The molecule has 0 atom stereocenters. The van der Waals surface area contributed by atoms with Gasteiger partial charge in [-0.1, -0.05) is 77.5 Å². The van der Waals surface area contributed by atoms with Gasteiger partial charge < -0.3 is 4.74 Å². The van der Waals surface area contributed by atoms with E-state index < -0.39 is 6.37 Å². The van der Waals surface area contributed by atoms with Crippen LogP contribution in [0.4, 0.5) is 0 Å². The van der Waals surface area contributed by atoms with Crippen LogP contribution >= 0.6 is 11.8 Å². The Kier molecular flexibility index (Phi) is 14.6. The van der Waals surface area contributed by atoms with Crippen molar-refractivity contribution in [2.24, 2.45) is 0 Å². The second-order valence-electron chi connectivity index (χ2n) is 5.52. The van der Waals surface area contributed by atoms with Gasteiger partial charge in [-0.2, -0.15) is 11.8 Å². The summed E-state index contributed by atoms with van der Waals surface area (Å²) in [6.07, 6.45) is 12.0. The third-order valence-corrected chi connectivity index (χ3v) is 4.54. The second-order valence-corrected chi connectivity index (χ2v) is 6.74. The normalized spacial score (nSPS) is 12.9. The molecule has 0 bridgehead atoms. The van der Waals surface area contributed by atoms with E-state index in [1.54, 1.807) is 11.8 Å². The first kappa shape index (κ1) is 17.2. The maximum Gasteiger partial charge on any atom is 0.306 e. The van der Waals surface area contributed by atoms with Crippen LogP contribution in [0.5, 0.6) is 0 Å². The minimum atomic E-state index is -1.06. The van der Waals surface area contributed by atoms with Gasteiger partial charge in [-0.15, -0.1) is 0 Å². The smallest absolute Gasteiger partial charge is 0.306 e. The van der Waals surface area contributed by atoms with Crippen LogP contribution in [0.15, 0.2) is 0 Å². The number of hydrogen-bond donors (Lipinski definition) is 0. The number of ether oxygens (including phenoxy) is 1. The topological polar surface area (TPSA) is 26.3 Å². The van der Waals surface area contributed by atoms with Gasteiger partial charge in [0.25, 0.3) is 0 Å². The fourth-order valence-electron chi connectivity index (χ4n) is 2.19. The zero-order valence-electron chi connectivity index (χ0n) is 16.1. The van der Waals surface area contributed by atoms with Crippen LogP contribution in [0.25, 0.3) is 0 Å². The molecule has 0 aromatic heterocycles. The van der Waals surface area contributed by atoms with E-state index in [4.69, 9.17) is 2.74 Å². The fourth-order valence-corrected chi connectivity index (χ4v) is 2.99. The van der Waals surface area contributed by atoms with Crippen molar-refractivity contribution >= 4 is 17.7 Å². The molecule has 0 rings (SSSR count). The number of hydrogen-bond acceptors (Lipinski definition) is 3. The maximum absolute atomic E-state index is 11.0. The van der Waals surface area contributed by atoms with Crippen molar-refractivity contribution in [3.8, 4) is 0 Å². The number of methoxy groups -OCH3 is 1. The van der Waals surface area contributed by atoms with E-state index in [1.807, 2.05) is 0 Å². The molecule has 2 nitrogen and oxygen atoms in total. The van der Waals surface area contributed by atoms with E-state index in [9.17, 15) is 4.79 Å². The Hall–Kier alpha value is -0.180. The molecule has 126 valence electrons. The summed E-state index contributed by atoms with van der Waals surface area (Å²) >= 11 is 1.64. The van der Waals surface area contributed by atoms with E-state index in [2.05, 4.69) is 11.7 Å². The average Bonchev–Trinajstić information content (AvgIpc) is 2.52. The molecule has 0 amide bonds. The molecule has 0 N–H and O–H groups in total. The highest BCUT2D eigenvalue weighted by atomic mass is 32.2. The molecule has 0 radical (unpaired) electrons. The van der Waals surface area contributed by atoms with Crippen molar-refractivity contribution in [2.45, 2.75) is 90.3 Å². The molecule has 0 aliphatic heterocycles. The highest BCUT2D eigenvalue weighted by Crippen LogP contribution is 2.13. The van der Waals surface area contributed by atoms with Crippen molar-refractivity contribution < 1.29 is 12.3 Å². The van der Waals surface area contributed by atoms with E-state index in [0.717, 1.165) is 24.3 Å². The van der Waals surface area contributed by atoms with Crippen LogP contribution in [0.1, 0.15) is 93.1 Å². The van der Waals surface area contributed by atoms with Crippen LogP contribution in [0, 0.1) is 0 Å². The average molecular weight is 319 g/mol. The van der Waals surface area contributed by atoms with Crippen molar-refractivity contribution in [1.82, 2.24) is 0 Å². The number of rotatable bonds is 16. The number of carbonyl (C=O) groups is 1. The lowest BCUT2D eigenvalue weighted by atomic mass is 10.1. The van der Waals surface area contributed by atoms with Gasteiger partial charge in [0.1, 0.15) is 0 Å². The number of thioether (sulfide) groups is 1. The van der Waals surface area contributed by atoms with Crippen molar-refractivity contribution in [2.75, 3.05) is 18.6 Å². The largest absolute Gasteiger partial charge is 0.469 e. The first-order valence-corrected chi connectivity index (χ1v) is 9.82. The van der Waals surface area contributed by atoms with Crippen LogP contribution in [0.2, 0.25) is 0 Å². The summed E-state index contributed by atoms with van der Waals surface area (Å²) in [5.74, 6) is 1.32. The summed E-state index contributed by atoms with van der Waals surface area (Å²) in [5.41, 5.74) is 0. The van der Waals surface area contributed by atoms with Crippen LogP contribution in [-0.4, -0.2) is 24.6 Å². The minimum Gasteiger partial charge on any atom is -0.469 e. The van der Waals surface area contributed by atoms with Gasteiger partial charge >= 0.3 is 5.97 Å². The zero-order chi connectivity index (χ0) is 17.4. The number of esters is 1. The monoisotopic (exact) mass is 318 g/mol. The van der Waals surface area contributed by atoms with Gasteiger partial charge in [0.2, 0.25) is 0 Å². The first-order valence-electron chi connectivity index (χ1n) is 9.66. The predicted octanol–water partition coefficient (Wildman–Crippen LogP) is 5.98. The standard InChI is InChI=1S/C18H36O2S/c1-3-4-5-6-7-8-9-10-11-12-13-14-16-21-17-15-18(19)20-2/h3-17H2,1-2H3/i13D2. The molecule has 0 heterocycles. The minimum absolute atomic E-state index is 0.185. The van der Waals surface area contributed by atoms with E-state index >= 15 is 0 Å². The molecule has 0 aromatic rings. The summed E-state index contributed by atoms with van der Waals surface area (Å²) in [5, 5.41) is 0. The summed E-state index contributed by atoms with van der Waals surface area (Å²) in [7, 11) is 1.40. The molecule has 3 heteroatoms. The van der Waals surface area contributed by atoms with Crippen molar-refractivity contribution in [3.63, 3.8) is 0 Å². The highest BCUT2D eigenvalue weighted by molar-refractivity contribution is 7.99. The van der Waals surface area contributed by atoms with Crippen LogP contribution in [0.3, 0.4) is 0 Å². The quantitative estimate of drug-likeness (QED) is 0.258. The summed E-state index contributed by atoms with van der Waals surface area (Å²) in [6, 6.07) is 0. The molecular weight excluding hydrogens is 280 g/mol. The third kappa shape index (κ3) is 17.8. The Morgan fingerprint density at radius 3 is 2.05 bits per heavy atom. The number of carbonyl (C=O) groups excluding carboxylic acids is 1. The SMILES string of the molecule is [2H]C([2H])(CCCCCCCCCCC)CCSCCC(=O)OC. The molecule has 21 heavy (non-hydrogen) atoms.